The fraction of sp³-hybridized carbons (Fsp3) is 0.235. The Bertz CT molecular complexity index is 706. The van der Waals surface area contributed by atoms with Crippen LogP contribution in [0, 0.1) is 5.82 Å². The van der Waals surface area contributed by atoms with Crippen LogP contribution in [0.5, 0.6) is 5.75 Å². The zero-order chi connectivity index (χ0) is 16.2. The third-order valence-electron chi connectivity index (χ3n) is 3.66. The van der Waals surface area contributed by atoms with Crippen LogP contribution in [-0.2, 0) is 0 Å². The van der Waals surface area contributed by atoms with Crippen molar-refractivity contribution in [1.29, 1.82) is 0 Å². The van der Waals surface area contributed by atoms with Crippen molar-refractivity contribution in [3.8, 4) is 5.75 Å². The third-order valence-corrected chi connectivity index (χ3v) is 4.79. The molecule has 1 unspecified atom stereocenters. The highest BCUT2D eigenvalue weighted by Gasteiger charge is 2.22. The number of thioether (sulfide) groups is 1. The summed E-state index contributed by atoms with van der Waals surface area (Å²) in [5, 5.41) is 5.70. The van der Waals surface area contributed by atoms with Gasteiger partial charge in [0, 0.05) is 16.3 Å². The average molecular weight is 332 g/mol. The summed E-state index contributed by atoms with van der Waals surface area (Å²) in [5.74, 6) is 1.34. The SMILES string of the molecule is COc1ccc(NC(=O)NC2CCSc3ccc(F)cc32)cc1. The predicted molar refractivity (Wildman–Crippen MR) is 89.6 cm³/mol. The highest BCUT2D eigenvalue weighted by Crippen LogP contribution is 2.36. The molecule has 2 aromatic carbocycles. The molecular formula is C17H17FN2O2S. The van der Waals surface area contributed by atoms with Gasteiger partial charge in [-0.15, -0.1) is 11.8 Å². The van der Waals surface area contributed by atoms with E-state index in [1.165, 1.54) is 12.1 Å². The summed E-state index contributed by atoms with van der Waals surface area (Å²) >= 11 is 1.68. The summed E-state index contributed by atoms with van der Waals surface area (Å²) in [6, 6.07) is 11.3. The molecule has 4 nitrogen and oxygen atoms in total. The molecule has 0 radical (unpaired) electrons. The number of methoxy groups -OCH3 is 1. The number of carbonyl (C=O) groups excluding carboxylic acids is 1. The van der Waals surface area contributed by atoms with Crippen LogP contribution in [-0.4, -0.2) is 18.9 Å². The van der Waals surface area contributed by atoms with Gasteiger partial charge >= 0.3 is 6.03 Å². The van der Waals surface area contributed by atoms with Crippen LogP contribution in [0.3, 0.4) is 0 Å². The van der Waals surface area contributed by atoms with Gasteiger partial charge in [0.2, 0.25) is 0 Å². The number of hydrogen-bond acceptors (Lipinski definition) is 3. The number of benzene rings is 2. The molecule has 3 rings (SSSR count). The van der Waals surface area contributed by atoms with E-state index in [0.717, 1.165) is 28.4 Å². The van der Waals surface area contributed by atoms with E-state index in [1.807, 2.05) is 0 Å². The molecule has 1 aliphatic heterocycles. The van der Waals surface area contributed by atoms with Gasteiger partial charge in [-0.3, -0.25) is 0 Å². The lowest BCUT2D eigenvalue weighted by molar-refractivity contribution is 0.248. The second-order valence-corrected chi connectivity index (χ2v) is 6.34. The van der Waals surface area contributed by atoms with Crippen LogP contribution in [0.25, 0.3) is 0 Å². The van der Waals surface area contributed by atoms with Crippen molar-refractivity contribution in [3.63, 3.8) is 0 Å². The maximum atomic E-state index is 13.5. The molecule has 1 atom stereocenters. The number of fused-ring (bicyclic) bond motifs is 1. The Balaban J connectivity index is 1.67. The van der Waals surface area contributed by atoms with Gasteiger partial charge in [-0.05, 0) is 54.4 Å². The van der Waals surface area contributed by atoms with Gasteiger partial charge in [0.05, 0.1) is 13.2 Å². The number of anilines is 1. The number of halogens is 1. The van der Waals surface area contributed by atoms with Crippen molar-refractivity contribution in [1.82, 2.24) is 5.32 Å². The summed E-state index contributed by atoms with van der Waals surface area (Å²) in [4.78, 5) is 13.2. The van der Waals surface area contributed by atoms with Gasteiger partial charge in [-0.2, -0.15) is 0 Å². The quantitative estimate of drug-likeness (QED) is 0.886. The second-order valence-electron chi connectivity index (χ2n) is 5.20. The molecule has 0 bridgehead atoms. The van der Waals surface area contributed by atoms with E-state index in [0.29, 0.717) is 5.69 Å². The predicted octanol–water partition coefficient (Wildman–Crippen LogP) is 4.19. The first-order valence-corrected chi connectivity index (χ1v) is 8.28. The van der Waals surface area contributed by atoms with E-state index >= 15 is 0 Å². The molecule has 0 saturated carbocycles. The van der Waals surface area contributed by atoms with Crippen LogP contribution in [0.1, 0.15) is 18.0 Å². The van der Waals surface area contributed by atoms with Gasteiger partial charge in [0.25, 0.3) is 0 Å². The summed E-state index contributed by atoms with van der Waals surface area (Å²) in [6.07, 6.45) is 0.775. The minimum Gasteiger partial charge on any atom is -0.497 e. The number of nitrogens with one attached hydrogen (secondary N) is 2. The van der Waals surface area contributed by atoms with E-state index in [-0.39, 0.29) is 17.9 Å². The molecule has 0 saturated heterocycles. The Morgan fingerprint density at radius 2 is 2.04 bits per heavy atom. The van der Waals surface area contributed by atoms with E-state index < -0.39 is 0 Å². The van der Waals surface area contributed by atoms with Crippen molar-refractivity contribution in [2.24, 2.45) is 0 Å². The molecular weight excluding hydrogens is 315 g/mol. The smallest absolute Gasteiger partial charge is 0.319 e. The summed E-state index contributed by atoms with van der Waals surface area (Å²) in [5.41, 5.74) is 1.51. The van der Waals surface area contributed by atoms with Crippen LogP contribution in [0.2, 0.25) is 0 Å². The molecule has 0 fully saturated rings. The lowest BCUT2D eigenvalue weighted by atomic mass is 10.0. The van der Waals surface area contributed by atoms with Crippen molar-refractivity contribution in [2.75, 3.05) is 18.2 Å². The molecule has 0 aliphatic carbocycles. The summed E-state index contributed by atoms with van der Waals surface area (Å²) in [7, 11) is 1.59. The molecule has 6 heteroatoms. The maximum Gasteiger partial charge on any atom is 0.319 e. The Morgan fingerprint density at radius 3 is 2.78 bits per heavy atom. The van der Waals surface area contributed by atoms with Crippen molar-refractivity contribution < 1.29 is 13.9 Å². The molecule has 2 N–H and O–H groups in total. The zero-order valence-corrected chi connectivity index (χ0v) is 13.5. The van der Waals surface area contributed by atoms with Gasteiger partial charge < -0.3 is 15.4 Å². The zero-order valence-electron chi connectivity index (χ0n) is 12.6. The number of carbonyl (C=O) groups is 1. The number of hydrogen-bond donors (Lipinski definition) is 2. The van der Waals surface area contributed by atoms with Crippen molar-refractivity contribution >= 4 is 23.5 Å². The standard InChI is InChI=1S/C17H17FN2O2S/c1-22-13-5-3-12(4-6-13)19-17(21)20-15-8-9-23-16-7-2-11(18)10-14(15)16/h2-7,10,15H,8-9H2,1H3,(H2,19,20,21). The topological polar surface area (TPSA) is 50.4 Å². The minimum atomic E-state index is -0.303. The third kappa shape index (κ3) is 3.76. The lowest BCUT2D eigenvalue weighted by Crippen LogP contribution is -2.34. The Kier molecular flexibility index (Phi) is 4.71. The van der Waals surface area contributed by atoms with Crippen LogP contribution >= 0.6 is 11.8 Å². The van der Waals surface area contributed by atoms with Crippen LogP contribution in [0.15, 0.2) is 47.4 Å². The lowest BCUT2D eigenvalue weighted by Gasteiger charge is -2.26. The second kappa shape index (κ2) is 6.91. The number of ether oxygens (including phenoxy) is 1. The van der Waals surface area contributed by atoms with Crippen LogP contribution in [0.4, 0.5) is 14.9 Å². The van der Waals surface area contributed by atoms with Gasteiger partial charge in [-0.25, -0.2) is 9.18 Å². The minimum absolute atomic E-state index is 0.180. The van der Waals surface area contributed by atoms with Crippen molar-refractivity contribution in [2.45, 2.75) is 17.4 Å². The first-order chi connectivity index (χ1) is 11.2. The molecule has 1 heterocycles. The monoisotopic (exact) mass is 332 g/mol. The van der Waals surface area contributed by atoms with Gasteiger partial charge in [-0.1, -0.05) is 0 Å². The van der Waals surface area contributed by atoms with E-state index in [4.69, 9.17) is 4.74 Å². The normalized spacial score (nSPS) is 16.3. The molecule has 2 amide bonds. The fourth-order valence-corrected chi connectivity index (χ4v) is 3.62. The average Bonchev–Trinajstić information content (AvgIpc) is 2.56. The van der Waals surface area contributed by atoms with Crippen molar-refractivity contribution in [3.05, 3.63) is 53.8 Å². The number of rotatable bonds is 3. The van der Waals surface area contributed by atoms with Crippen LogP contribution < -0.4 is 15.4 Å². The molecule has 0 spiro atoms. The molecule has 120 valence electrons. The molecule has 0 aromatic heterocycles. The molecule has 23 heavy (non-hydrogen) atoms. The number of urea groups is 1. The first kappa shape index (κ1) is 15.7. The Morgan fingerprint density at radius 1 is 1.26 bits per heavy atom. The fourth-order valence-electron chi connectivity index (χ4n) is 2.52. The number of amides is 2. The molecule has 1 aliphatic rings. The van der Waals surface area contributed by atoms with E-state index in [2.05, 4.69) is 10.6 Å². The Labute approximate surface area is 138 Å². The maximum absolute atomic E-state index is 13.5. The highest BCUT2D eigenvalue weighted by molar-refractivity contribution is 7.99. The Hall–Kier alpha value is -2.21. The highest BCUT2D eigenvalue weighted by atomic mass is 32.2. The molecule has 2 aromatic rings. The van der Waals surface area contributed by atoms with E-state index in [9.17, 15) is 9.18 Å². The van der Waals surface area contributed by atoms with E-state index in [1.54, 1.807) is 49.2 Å². The summed E-state index contributed by atoms with van der Waals surface area (Å²) < 4.78 is 18.6. The van der Waals surface area contributed by atoms with Gasteiger partial charge in [0.1, 0.15) is 11.6 Å². The first-order valence-electron chi connectivity index (χ1n) is 7.29. The van der Waals surface area contributed by atoms with Gasteiger partial charge in [0.15, 0.2) is 0 Å². The largest absolute Gasteiger partial charge is 0.497 e. The summed E-state index contributed by atoms with van der Waals surface area (Å²) in [6.45, 7) is 0.